The van der Waals surface area contributed by atoms with Gasteiger partial charge in [0.15, 0.2) is 5.78 Å². The summed E-state index contributed by atoms with van der Waals surface area (Å²) in [7, 11) is 0. The Balaban J connectivity index is 2.87. The van der Waals surface area contributed by atoms with Crippen LogP contribution in [0.2, 0.25) is 0 Å². The van der Waals surface area contributed by atoms with Crippen LogP contribution in [-0.4, -0.2) is 35.2 Å². The smallest absolute Gasteiger partial charge is 0.222 e. The molecule has 0 saturated heterocycles. The quantitative estimate of drug-likeness (QED) is 0.684. The number of nitrogens with zero attached hydrogens (tertiary/aromatic N) is 1. The number of carbonyl (C=O) groups is 2. The predicted molar refractivity (Wildman–Crippen MR) is 53.6 cm³/mol. The van der Waals surface area contributed by atoms with E-state index >= 15 is 0 Å². The molecule has 0 aromatic rings. The van der Waals surface area contributed by atoms with Crippen molar-refractivity contribution in [1.82, 2.24) is 4.90 Å². The lowest BCUT2D eigenvalue weighted by atomic mass is 10.1. The predicted octanol–water partition coefficient (Wildman–Crippen LogP) is 0.161. The fourth-order valence-corrected chi connectivity index (χ4v) is 2.34. The van der Waals surface area contributed by atoms with Gasteiger partial charge in [0.2, 0.25) is 5.91 Å². The van der Waals surface area contributed by atoms with Crippen LogP contribution in [0.4, 0.5) is 0 Å². The molecule has 0 heterocycles. The molecule has 1 amide bonds. The second kappa shape index (κ2) is 3.69. The molecule has 0 aromatic carbocycles. The Morgan fingerprint density at radius 2 is 1.93 bits per heavy atom. The van der Waals surface area contributed by atoms with E-state index in [1.807, 2.05) is 18.7 Å². The van der Waals surface area contributed by atoms with Crippen LogP contribution in [0.5, 0.6) is 0 Å². The zero-order valence-corrected chi connectivity index (χ0v) is 9.04. The van der Waals surface area contributed by atoms with Gasteiger partial charge in [0.1, 0.15) is 0 Å². The number of carbonyl (C=O) groups excluding carboxylic acids is 2. The van der Waals surface area contributed by atoms with Crippen molar-refractivity contribution in [2.75, 3.05) is 13.1 Å². The molecular weight excluding hydrogens is 180 g/mol. The van der Waals surface area contributed by atoms with E-state index in [0.717, 1.165) is 13.1 Å². The standard InChI is InChI=1S/C10H18N2O2/c1-4-12(5-2)10(7(3)13)6-8(10)9(11)14/h8H,4-6H2,1-3H3,(H2,11,14)/t8-,10?/m1/s1. The van der Waals surface area contributed by atoms with Crippen LogP contribution in [0.1, 0.15) is 27.2 Å². The summed E-state index contributed by atoms with van der Waals surface area (Å²) in [6, 6.07) is 0. The van der Waals surface area contributed by atoms with E-state index < -0.39 is 5.54 Å². The third-order valence-corrected chi connectivity index (χ3v) is 3.21. The first kappa shape index (κ1) is 11.2. The third-order valence-electron chi connectivity index (χ3n) is 3.21. The minimum Gasteiger partial charge on any atom is -0.369 e. The maximum absolute atomic E-state index is 11.6. The van der Waals surface area contributed by atoms with Crippen LogP contribution in [0.15, 0.2) is 0 Å². The summed E-state index contributed by atoms with van der Waals surface area (Å²) in [5.74, 6) is -0.572. The topological polar surface area (TPSA) is 63.4 Å². The largest absolute Gasteiger partial charge is 0.369 e. The highest BCUT2D eigenvalue weighted by atomic mass is 16.2. The minimum absolute atomic E-state index is 0.0602. The highest BCUT2D eigenvalue weighted by Crippen LogP contribution is 2.48. The van der Waals surface area contributed by atoms with Gasteiger partial charge in [0, 0.05) is 0 Å². The van der Waals surface area contributed by atoms with Crippen LogP contribution in [0.25, 0.3) is 0 Å². The van der Waals surface area contributed by atoms with Gasteiger partial charge in [-0.1, -0.05) is 13.8 Å². The van der Waals surface area contributed by atoms with Crippen LogP contribution < -0.4 is 5.73 Å². The van der Waals surface area contributed by atoms with E-state index in [9.17, 15) is 9.59 Å². The third kappa shape index (κ3) is 1.43. The molecule has 14 heavy (non-hydrogen) atoms. The summed E-state index contributed by atoms with van der Waals surface area (Å²) in [5.41, 5.74) is 4.67. The Bertz CT molecular complexity index is 261. The van der Waals surface area contributed by atoms with Gasteiger partial charge in [-0.25, -0.2) is 0 Å². The van der Waals surface area contributed by atoms with E-state index in [1.54, 1.807) is 6.92 Å². The Morgan fingerprint density at radius 1 is 1.43 bits per heavy atom. The van der Waals surface area contributed by atoms with E-state index in [4.69, 9.17) is 5.73 Å². The average molecular weight is 198 g/mol. The summed E-state index contributed by atoms with van der Waals surface area (Å²) < 4.78 is 0. The van der Waals surface area contributed by atoms with Gasteiger partial charge in [-0.2, -0.15) is 0 Å². The number of hydrogen-bond acceptors (Lipinski definition) is 3. The summed E-state index contributed by atoms with van der Waals surface area (Å²) in [4.78, 5) is 24.6. The maximum atomic E-state index is 11.6. The van der Waals surface area contributed by atoms with Crippen LogP contribution in [0.3, 0.4) is 0 Å². The van der Waals surface area contributed by atoms with E-state index in [1.165, 1.54) is 0 Å². The number of primary amides is 1. The number of likely N-dealkylation sites (N-methyl/N-ethyl adjacent to an activating group) is 1. The Labute approximate surface area is 84.4 Å². The Kier molecular flexibility index (Phi) is 2.95. The van der Waals surface area contributed by atoms with Gasteiger partial charge in [-0.05, 0) is 26.4 Å². The van der Waals surface area contributed by atoms with Gasteiger partial charge in [-0.3, -0.25) is 14.5 Å². The molecule has 1 unspecified atom stereocenters. The molecule has 0 radical (unpaired) electrons. The Morgan fingerprint density at radius 3 is 2.14 bits per heavy atom. The molecule has 0 spiro atoms. The fraction of sp³-hybridized carbons (Fsp3) is 0.800. The first-order chi connectivity index (χ1) is 6.50. The van der Waals surface area contributed by atoms with E-state index in [0.29, 0.717) is 6.42 Å². The first-order valence-corrected chi connectivity index (χ1v) is 5.06. The number of Topliss-reactive ketones (excluding diaryl/α,β-unsaturated/α-hetero) is 1. The lowest BCUT2D eigenvalue weighted by Crippen LogP contribution is -2.46. The molecule has 1 aliphatic rings. The maximum Gasteiger partial charge on any atom is 0.222 e. The summed E-state index contributed by atoms with van der Waals surface area (Å²) >= 11 is 0. The van der Waals surface area contributed by atoms with Crippen LogP contribution >= 0.6 is 0 Å². The van der Waals surface area contributed by atoms with Crippen molar-refractivity contribution in [2.45, 2.75) is 32.7 Å². The van der Waals surface area contributed by atoms with E-state index in [-0.39, 0.29) is 17.6 Å². The summed E-state index contributed by atoms with van der Waals surface area (Å²) in [6.45, 7) is 7.08. The zero-order valence-electron chi connectivity index (χ0n) is 9.04. The molecule has 0 aliphatic heterocycles. The van der Waals surface area contributed by atoms with Crippen molar-refractivity contribution >= 4 is 11.7 Å². The van der Waals surface area contributed by atoms with Gasteiger partial charge in [0.05, 0.1) is 11.5 Å². The lowest BCUT2D eigenvalue weighted by Gasteiger charge is -2.28. The van der Waals surface area contributed by atoms with Crippen molar-refractivity contribution in [1.29, 1.82) is 0 Å². The normalized spacial score (nSPS) is 30.4. The molecule has 0 bridgehead atoms. The van der Waals surface area contributed by atoms with E-state index in [2.05, 4.69) is 0 Å². The number of ketones is 1. The average Bonchev–Trinajstić information content (AvgIpc) is 2.83. The molecule has 2 N–H and O–H groups in total. The van der Waals surface area contributed by atoms with Crippen molar-refractivity contribution in [3.05, 3.63) is 0 Å². The van der Waals surface area contributed by atoms with Crippen LogP contribution in [-0.2, 0) is 9.59 Å². The summed E-state index contributed by atoms with van der Waals surface area (Å²) in [5, 5.41) is 0. The van der Waals surface area contributed by atoms with Crippen molar-refractivity contribution < 1.29 is 9.59 Å². The van der Waals surface area contributed by atoms with Crippen molar-refractivity contribution in [2.24, 2.45) is 11.7 Å². The lowest BCUT2D eigenvalue weighted by molar-refractivity contribution is -0.128. The second-order valence-corrected chi connectivity index (χ2v) is 3.81. The zero-order chi connectivity index (χ0) is 10.9. The molecule has 1 saturated carbocycles. The molecule has 2 atom stereocenters. The van der Waals surface area contributed by atoms with Gasteiger partial charge in [-0.15, -0.1) is 0 Å². The summed E-state index contributed by atoms with van der Waals surface area (Å²) in [6.07, 6.45) is 0.597. The molecule has 1 rings (SSSR count). The van der Waals surface area contributed by atoms with Gasteiger partial charge < -0.3 is 5.73 Å². The highest BCUT2D eigenvalue weighted by molar-refractivity contribution is 5.98. The van der Waals surface area contributed by atoms with Crippen molar-refractivity contribution in [3.8, 4) is 0 Å². The van der Waals surface area contributed by atoms with Gasteiger partial charge in [0.25, 0.3) is 0 Å². The molecule has 1 aliphatic carbocycles. The number of amides is 1. The minimum atomic E-state index is -0.574. The highest BCUT2D eigenvalue weighted by Gasteiger charge is 2.63. The monoisotopic (exact) mass is 198 g/mol. The molecule has 0 aromatic heterocycles. The Hall–Kier alpha value is -0.900. The number of hydrogen-bond donors (Lipinski definition) is 1. The van der Waals surface area contributed by atoms with Crippen molar-refractivity contribution in [3.63, 3.8) is 0 Å². The molecule has 4 heteroatoms. The molecule has 4 nitrogen and oxygen atoms in total. The number of rotatable bonds is 5. The van der Waals surface area contributed by atoms with Crippen LogP contribution in [0, 0.1) is 5.92 Å². The molecule has 80 valence electrons. The van der Waals surface area contributed by atoms with Gasteiger partial charge >= 0.3 is 0 Å². The second-order valence-electron chi connectivity index (χ2n) is 3.81. The number of nitrogens with two attached hydrogens (primary N) is 1. The first-order valence-electron chi connectivity index (χ1n) is 5.06. The SMILES string of the molecule is CCN(CC)C1(C(C)=O)C[C@@H]1C(N)=O. The molecule has 1 fully saturated rings. The fourth-order valence-electron chi connectivity index (χ4n) is 2.34. The molecular formula is C10H18N2O2.